The van der Waals surface area contributed by atoms with Crippen LogP contribution in [-0.4, -0.2) is 19.7 Å². The Morgan fingerprint density at radius 2 is 1.87 bits per heavy atom. The van der Waals surface area contributed by atoms with Crippen LogP contribution in [0.5, 0.6) is 5.75 Å². The molecule has 1 aromatic heterocycles. The third-order valence-electron chi connectivity index (χ3n) is 4.56. The molecule has 0 bridgehead atoms. The molecule has 0 amide bonds. The molecule has 0 N–H and O–H groups in total. The number of hydrogen-bond donors (Lipinski definition) is 0. The molecule has 23 heavy (non-hydrogen) atoms. The van der Waals surface area contributed by atoms with Crippen molar-refractivity contribution in [3.8, 4) is 17.1 Å². The molecular formula is C18H18ClNO3. The number of ether oxygens (including phenoxy) is 1. The minimum Gasteiger partial charge on any atom is -0.492 e. The van der Waals surface area contributed by atoms with E-state index in [0.29, 0.717) is 18.8 Å². The second-order valence-electron chi connectivity index (χ2n) is 6.00. The Kier molecular flexibility index (Phi) is 3.77. The number of rotatable bonds is 1. The molecule has 1 saturated heterocycles. The lowest BCUT2D eigenvalue weighted by molar-refractivity contribution is 0.326. The van der Waals surface area contributed by atoms with E-state index in [1.54, 1.807) is 0 Å². The Balaban J connectivity index is 1.95. The number of anilines is 1. The van der Waals surface area contributed by atoms with E-state index in [1.807, 2.05) is 24.3 Å². The summed E-state index contributed by atoms with van der Waals surface area (Å²) in [7, 11) is 0. The Hall–Kier alpha value is -1.94. The van der Waals surface area contributed by atoms with Crippen molar-refractivity contribution >= 4 is 17.3 Å². The highest BCUT2D eigenvalue weighted by Crippen LogP contribution is 2.41. The van der Waals surface area contributed by atoms with Gasteiger partial charge in [-0.25, -0.2) is 4.79 Å². The lowest BCUT2D eigenvalue weighted by atomic mass is 10.0. The van der Waals surface area contributed by atoms with Crippen LogP contribution in [0.3, 0.4) is 0 Å². The molecule has 4 rings (SSSR count). The first kappa shape index (κ1) is 14.6. The second kappa shape index (κ2) is 5.93. The second-order valence-corrected chi connectivity index (χ2v) is 6.38. The van der Waals surface area contributed by atoms with Gasteiger partial charge in [-0.2, -0.15) is 0 Å². The van der Waals surface area contributed by atoms with Crippen molar-refractivity contribution < 1.29 is 9.15 Å². The van der Waals surface area contributed by atoms with E-state index < -0.39 is 5.63 Å². The van der Waals surface area contributed by atoms with Gasteiger partial charge in [0, 0.05) is 25.1 Å². The Labute approximate surface area is 139 Å². The highest BCUT2D eigenvalue weighted by molar-refractivity contribution is 6.33. The molecule has 4 nitrogen and oxygen atoms in total. The zero-order valence-corrected chi connectivity index (χ0v) is 13.6. The molecule has 2 aliphatic heterocycles. The van der Waals surface area contributed by atoms with Crippen molar-refractivity contribution in [2.24, 2.45) is 0 Å². The highest BCUT2D eigenvalue weighted by Gasteiger charge is 2.27. The number of nitrogens with zero attached hydrogens (tertiary/aromatic N) is 1. The van der Waals surface area contributed by atoms with Crippen LogP contribution in [0.25, 0.3) is 11.3 Å². The fraction of sp³-hybridized carbons (Fsp3) is 0.389. The predicted molar refractivity (Wildman–Crippen MR) is 90.7 cm³/mol. The predicted octanol–water partition coefficient (Wildman–Crippen LogP) is 3.89. The number of piperidine rings is 1. The van der Waals surface area contributed by atoms with Crippen LogP contribution in [0.15, 0.2) is 33.5 Å². The zero-order valence-electron chi connectivity index (χ0n) is 12.8. The molecule has 2 aliphatic rings. The molecule has 1 aromatic carbocycles. The van der Waals surface area contributed by atoms with Crippen LogP contribution in [0.1, 0.15) is 24.8 Å². The zero-order chi connectivity index (χ0) is 15.8. The van der Waals surface area contributed by atoms with Gasteiger partial charge >= 0.3 is 5.63 Å². The molecule has 0 spiro atoms. The van der Waals surface area contributed by atoms with Gasteiger partial charge in [0.05, 0.1) is 17.9 Å². The van der Waals surface area contributed by atoms with Crippen LogP contribution in [0.2, 0.25) is 5.02 Å². The molecule has 3 heterocycles. The average Bonchev–Trinajstić information content (AvgIpc) is 2.76. The van der Waals surface area contributed by atoms with Crippen LogP contribution < -0.4 is 15.3 Å². The van der Waals surface area contributed by atoms with Crippen molar-refractivity contribution in [1.29, 1.82) is 0 Å². The Morgan fingerprint density at radius 1 is 1.09 bits per heavy atom. The van der Waals surface area contributed by atoms with Gasteiger partial charge in [-0.1, -0.05) is 23.7 Å². The Morgan fingerprint density at radius 3 is 2.70 bits per heavy atom. The van der Waals surface area contributed by atoms with E-state index in [0.717, 1.165) is 48.5 Å². The van der Waals surface area contributed by atoms with Crippen LogP contribution >= 0.6 is 11.6 Å². The summed E-state index contributed by atoms with van der Waals surface area (Å²) in [6, 6.07) is 7.67. The SMILES string of the molecule is O=c1oc2c(c(N3CCCCC3)c1Cl)CCOc1ccccc1-2. The van der Waals surface area contributed by atoms with Crippen LogP contribution in [0, 0.1) is 0 Å². The first-order chi connectivity index (χ1) is 11.3. The van der Waals surface area contributed by atoms with Gasteiger partial charge in [0.25, 0.3) is 0 Å². The molecule has 0 unspecified atom stereocenters. The summed E-state index contributed by atoms with van der Waals surface area (Å²) in [6.45, 7) is 2.41. The molecule has 0 atom stereocenters. The van der Waals surface area contributed by atoms with Crippen molar-refractivity contribution in [2.45, 2.75) is 25.7 Å². The van der Waals surface area contributed by atoms with Crippen molar-refractivity contribution in [2.75, 3.05) is 24.6 Å². The van der Waals surface area contributed by atoms with Gasteiger partial charge in [0.2, 0.25) is 0 Å². The third-order valence-corrected chi connectivity index (χ3v) is 4.89. The van der Waals surface area contributed by atoms with E-state index in [1.165, 1.54) is 6.42 Å². The summed E-state index contributed by atoms with van der Waals surface area (Å²) in [6.07, 6.45) is 4.15. The molecule has 120 valence electrons. The van der Waals surface area contributed by atoms with E-state index in [4.69, 9.17) is 20.8 Å². The molecule has 1 fully saturated rings. The van der Waals surface area contributed by atoms with Crippen LogP contribution in [0.4, 0.5) is 5.69 Å². The fourth-order valence-corrected chi connectivity index (χ4v) is 3.75. The minimum atomic E-state index is -0.470. The highest BCUT2D eigenvalue weighted by atomic mass is 35.5. The molecule has 0 saturated carbocycles. The normalized spacial score (nSPS) is 17.0. The summed E-state index contributed by atoms with van der Waals surface area (Å²) in [4.78, 5) is 14.5. The van der Waals surface area contributed by atoms with Gasteiger partial charge in [0.15, 0.2) is 0 Å². The van der Waals surface area contributed by atoms with Gasteiger partial charge in [-0.3, -0.25) is 0 Å². The summed E-state index contributed by atoms with van der Waals surface area (Å²) >= 11 is 6.36. The van der Waals surface area contributed by atoms with Gasteiger partial charge in [0.1, 0.15) is 16.5 Å². The topological polar surface area (TPSA) is 42.7 Å². The first-order valence-electron chi connectivity index (χ1n) is 8.08. The van der Waals surface area contributed by atoms with Crippen molar-refractivity contribution in [1.82, 2.24) is 0 Å². The number of halogens is 1. The van der Waals surface area contributed by atoms with Gasteiger partial charge in [-0.05, 0) is 31.4 Å². The number of benzene rings is 1. The van der Waals surface area contributed by atoms with Crippen molar-refractivity contribution in [3.05, 3.63) is 45.3 Å². The maximum absolute atomic E-state index is 12.3. The standard InChI is InChI=1S/C18H18ClNO3/c19-15-16(20-9-4-1-5-10-20)13-8-11-22-14-7-3-2-6-12(14)17(13)23-18(15)21/h2-3,6-7H,1,4-5,8-11H2. The average molecular weight is 332 g/mol. The molecule has 0 aliphatic carbocycles. The summed E-state index contributed by atoms with van der Waals surface area (Å²) in [5.74, 6) is 1.36. The number of hydrogen-bond acceptors (Lipinski definition) is 4. The molecule has 0 radical (unpaired) electrons. The van der Waals surface area contributed by atoms with Crippen molar-refractivity contribution in [3.63, 3.8) is 0 Å². The minimum absolute atomic E-state index is 0.199. The van der Waals surface area contributed by atoms with Gasteiger partial charge < -0.3 is 14.1 Å². The lowest BCUT2D eigenvalue weighted by Crippen LogP contribution is -2.32. The summed E-state index contributed by atoms with van der Waals surface area (Å²) in [5, 5.41) is 0.199. The van der Waals surface area contributed by atoms with E-state index in [2.05, 4.69) is 4.90 Å². The summed E-state index contributed by atoms with van der Waals surface area (Å²) in [5.41, 5.74) is 2.19. The smallest absolute Gasteiger partial charge is 0.357 e. The van der Waals surface area contributed by atoms with E-state index in [-0.39, 0.29) is 5.02 Å². The Bertz CT molecular complexity index is 793. The number of fused-ring (bicyclic) bond motifs is 3. The maximum Gasteiger partial charge on any atom is 0.357 e. The quantitative estimate of drug-likeness (QED) is 0.795. The van der Waals surface area contributed by atoms with Gasteiger partial charge in [-0.15, -0.1) is 0 Å². The molecule has 2 aromatic rings. The monoisotopic (exact) mass is 331 g/mol. The summed E-state index contributed by atoms with van der Waals surface area (Å²) < 4.78 is 11.4. The lowest BCUT2D eigenvalue weighted by Gasteiger charge is -2.31. The van der Waals surface area contributed by atoms with E-state index in [9.17, 15) is 4.79 Å². The number of para-hydroxylation sites is 1. The molecular weight excluding hydrogens is 314 g/mol. The van der Waals surface area contributed by atoms with Crippen LogP contribution in [-0.2, 0) is 6.42 Å². The fourth-order valence-electron chi connectivity index (χ4n) is 3.48. The first-order valence-corrected chi connectivity index (χ1v) is 8.46. The molecule has 5 heteroatoms. The van der Waals surface area contributed by atoms with E-state index >= 15 is 0 Å². The third kappa shape index (κ3) is 2.51. The largest absolute Gasteiger partial charge is 0.492 e. The maximum atomic E-state index is 12.3.